The fourth-order valence-electron chi connectivity index (χ4n) is 3.16. The lowest BCUT2D eigenvalue weighted by atomic mass is 9.96. The lowest BCUT2D eigenvalue weighted by Gasteiger charge is -2.33. The molecule has 2 amide bonds. The molecule has 0 saturated carbocycles. The molecule has 1 fully saturated rings. The third kappa shape index (κ3) is 5.35. The molecule has 2 rings (SSSR count). The summed E-state index contributed by atoms with van der Waals surface area (Å²) in [7, 11) is 3.76. The molecule has 2 heterocycles. The second-order valence-corrected chi connectivity index (χ2v) is 6.43. The van der Waals surface area contributed by atoms with Crippen LogP contribution in [0.25, 0.3) is 0 Å². The van der Waals surface area contributed by atoms with E-state index in [1.54, 1.807) is 4.68 Å². The Morgan fingerprint density at radius 1 is 1.48 bits per heavy atom. The molecule has 1 aromatic rings. The Balaban J connectivity index is 1.76. The topological polar surface area (TPSA) is 84.5 Å². The summed E-state index contributed by atoms with van der Waals surface area (Å²) in [6.45, 7) is 2.46. The predicted octanol–water partition coefficient (Wildman–Crippen LogP) is 0.00840. The van der Waals surface area contributed by atoms with E-state index < -0.39 is 0 Å². The van der Waals surface area contributed by atoms with E-state index in [0.717, 1.165) is 38.8 Å². The summed E-state index contributed by atoms with van der Waals surface area (Å²) in [4.78, 5) is 27.4. The summed E-state index contributed by atoms with van der Waals surface area (Å²) in [5.41, 5.74) is 6.44. The largest absolute Gasteiger partial charge is 0.369 e. The molecule has 1 saturated heterocycles. The summed E-state index contributed by atoms with van der Waals surface area (Å²) < 4.78 is 1.79. The molecule has 23 heavy (non-hydrogen) atoms. The van der Waals surface area contributed by atoms with E-state index in [1.165, 1.54) is 5.56 Å². The molecule has 2 N–H and O–H groups in total. The molecular formula is C16H27N5O2. The van der Waals surface area contributed by atoms with Crippen molar-refractivity contribution in [2.24, 2.45) is 18.7 Å². The molecule has 0 aliphatic carbocycles. The van der Waals surface area contributed by atoms with Gasteiger partial charge in [-0.1, -0.05) is 0 Å². The van der Waals surface area contributed by atoms with Gasteiger partial charge in [0.2, 0.25) is 11.8 Å². The Hall–Kier alpha value is -1.89. The Kier molecular flexibility index (Phi) is 6.15. The van der Waals surface area contributed by atoms with Crippen LogP contribution in [0.3, 0.4) is 0 Å². The second kappa shape index (κ2) is 8.10. The first-order chi connectivity index (χ1) is 11.0. The average Bonchev–Trinajstić information content (AvgIpc) is 2.91. The molecule has 1 atom stereocenters. The van der Waals surface area contributed by atoms with Crippen LogP contribution in [0, 0.1) is 5.92 Å². The van der Waals surface area contributed by atoms with Gasteiger partial charge in [0.25, 0.3) is 0 Å². The van der Waals surface area contributed by atoms with E-state index in [0.29, 0.717) is 6.54 Å². The van der Waals surface area contributed by atoms with Crippen LogP contribution in [-0.2, 0) is 23.1 Å². The van der Waals surface area contributed by atoms with E-state index >= 15 is 0 Å². The molecule has 1 aromatic heterocycles. The van der Waals surface area contributed by atoms with Crippen LogP contribution in [0.4, 0.5) is 0 Å². The quantitative estimate of drug-likeness (QED) is 0.766. The second-order valence-electron chi connectivity index (χ2n) is 6.43. The van der Waals surface area contributed by atoms with Crippen LogP contribution >= 0.6 is 0 Å². The zero-order valence-electron chi connectivity index (χ0n) is 14.1. The van der Waals surface area contributed by atoms with Crippen molar-refractivity contribution in [1.82, 2.24) is 19.6 Å². The van der Waals surface area contributed by atoms with E-state index in [-0.39, 0.29) is 24.3 Å². The van der Waals surface area contributed by atoms with Gasteiger partial charge in [-0.2, -0.15) is 5.10 Å². The van der Waals surface area contributed by atoms with Crippen molar-refractivity contribution in [3.63, 3.8) is 0 Å². The molecule has 1 aliphatic rings. The van der Waals surface area contributed by atoms with Gasteiger partial charge >= 0.3 is 0 Å². The highest BCUT2D eigenvalue weighted by atomic mass is 16.2. The predicted molar refractivity (Wildman–Crippen MR) is 87.5 cm³/mol. The highest BCUT2D eigenvalue weighted by Gasteiger charge is 2.28. The Morgan fingerprint density at radius 3 is 2.91 bits per heavy atom. The molecule has 0 radical (unpaired) electrons. The highest BCUT2D eigenvalue weighted by molar-refractivity contribution is 5.79. The number of aryl methyl sites for hydroxylation is 2. The van der Waals surface area contributed by atoms with E-state index in [4.69, 9.17) is 5.73 Å². The van der Waals surface area contributed by atoms with Gasteiger partial charge in [-0.25, -0.2) is 0 Å². The molecule has 0 aromatic carbocycles. The average molecular weight is 321 g/mol. The number of aromatic nitrogens is 2. The fraction of sp³-hybridized carbons (Fsp3) is 0.688. The van der Waals surface area contributed by atoms with Crippen LogP contribution in [0.1, 0.15) is 24.8 Å². The van der Waals surface area contributed by atoms with Crippen LogP contribution in [-0.4, -0.2) is 64.6 Å². The van der Waals surface area contributed by atoms with Gasteiger partial charge in [0.15, 0.2) is 0 Å². The first-order valence-corrected chi connectivity index (χ1v) is 8.19. The first-order valence-electron chi connectivity index (χ1n) is 8.19. The van der Waals surface area contributed by atoms with Crippen molar-refractivity contribution < 1.29 is 9.59 Å². The minimum absolute atomic E-state index is 0.0218. The number of amides is 2. The summed E-state index contributed by atoms with van der Waals surface area (Å²) in [6.07, 6.45) is 7.54. The highest BCUT2D eigenvalue weighted by Crippen LogP contribution is 2.18. The fourth-order valence-corrected chi connectivity index (χ4v) is 3.16. The third-order valence-electron chi connectivity index (χ3n) is 4.33. The monoisotopic (exact) mass is 321 g/mol. The molecule has 7 heteroatoms. The Morgan fingerprint density at radius 2 is 2.26 bits per heavy atom. The van der Waals surface area contributed by atoms with E-state index in [2.05, 4.69) is 5.10 Å². The van der Waals surface area contributed by atoms with Crippen LogP contribution in [0.5, 0.6) is 0 Å². The van der Waals surface area contributed by atoms with Crippen LogP contribution in [0.2, 0.25) is 0 Å². The molecule has 1 aliphatic heterocycles. The number of hydrogen-bond acceptors (Lipinski definition) is 4. The van der Waals surface area contributed by atoms with Gasteiger partial charge in [-0.15, -0.1) is 0 Å². The number of primary amides is 1. The van der Waals surface area contributed by atoms with Gasteiger partial charge < -0.3 is 10.6 Å². The van der Waals surface area contributed by atoms with E-state index in [9.17, 15) is 9.59 Å². The number of likely N-dealkylation sites (tertiary alicyclic amines) is 1. The minimum atomic E-state index is -0.331. The number of carbonyl (C=O) groups is 2. The van der Waals surface area contributed by atoms with Crippen LogP contribution < -0.4 is 5.73 Å². The van der Waals surface area contributed by atoms with Gasteiger partial charge in [-0.05, 0) is 37.8 Å². The van der Waals surface area contributed by atoms with Gasteiger partial charge in [0.1, 0.15) is 0 Å². The van der Waals surface area contributed by atoms with E-state index in [1.807, 2.05) is 36.3 Å². The van der Waals surface area contributed by atoms with Gasteiger partial charge in [0, 0.05) is 33.4 Å². The standard InChI is InChI=1S/C16H27N5O2/c1-19(7-3-5-13-9-18-20(2)10-13)16(23)14-6-4-8-21(11-14)12-15(17)22/h9-10,14H,3-8,11-12H2,1-2H3,(H2,17,22)/t14-/m1/s1. The number of nitrogens with two attached hydrogens (primary N) is 1. The summed E-state index contributed by atoms with van der Waals surface area (Å²) >= 11 is 0. The molecule has 0 spiro atoms. The number of piperidine rings is 1. The normalized spacial score (nSPS) is 18.8. The van der Waals surface area contributed by atoms with Crippen molar-refractivity contribution in [3.05, 3.63) is 18.0 Å². The molecule has 128 valence electrons. The van der Waals surface area contributed by atoms with Crippen molar-refractivity contribution >= 4 is 11.8 Å². The zero-order chi connectivity index (χ0) is 16.8. The number of carbonyl (C=O) groups excluding carboxylic acids is 2. The Bertz CT molecular complexity index is 542. The SMILES string of the molecule is CN(CCCc1cnn(C)c1)C(=O)[C@@H]1CCCN(CC(N)=O)C1. The molecule has 0 unspecified atom stereocenters. The van der Waals surface area contributed by atoms with Gasteiger partial charge in [-0.3, -0.25) is 19.2 Å². The smallest absolute Gasteiger partial charge is 0.231 e. The van der Waals surface area contributed by atoms with Crippen LogP contribution in [0.15, 0.2) is 12.4 Å². The molecule has 7 nitrogen and oxygen atoms in total. The number of nitrogens with zero attached hydrogens (tertiary/aromatic N) is 4. The number of rotatable bonds is 7. The molecular weight excluding hydrogens is 294 g/mol. The van der Waals surface area contributed by atoms with Crippen molar-refractivity contribution in [2.45, 2.75) is 25.7 Å². The number of hydrogen-bond donors (Lipinski definition) is 1. The Labute approximate surface area is 137 Å². The summed E-state index contributed by atoms with van der Waals surface area (Å²) in [5, 5.41) is 4.15. The van der Waals surface area contributed by atoms with Crippen molar-refractivity contribution in [3.8, 4) is 0 Å². The zero-order valence-corrected chi connectivity index (χ0v) is 14.1. The minimum Gasteiger partial charge on any atom is -0.369 e. The lowest BCUT2D eigenvalue weighted by molar-refractivity contribution is -0.136. The first kappa shape index (κ1) is 17.5. The van der Waals surface area contributed by atoms with Crippen molar-refractivity contribution in [2.75, 3.05) is 33.2 Å². The lowest BCUT2D eigenvalue weighted by Crippen LogP contribution is -2.46. The maximum Gasteiger partial charge on any atom is 0.231 e. The maximum absolute atomic E-state index is 12.5. The molecule has 0 bridgehead atoms. The third-order valence-corrected chi connectivity index (χ3v) is 4.33. The summed E-state index contributed by atoms with van der Waals surface area (Å²) in [6, 6.07) is 0. The van der Waals surface area contributed by atoms with Crippen molar-refractivity contribution in [1.29, 1.82) is 0 Å². The maximum atomic E-state index is 12.5. The van der Waals surface area contributed by atoms with Gasteiger partial charge in [0.05, 0.1) is 18.7 Å². The summed E-state index contributed by atoms with van der Waals surface area (Å²) in [5.74, 6) is -0.181.